The fraction of sp³-hybridized carbons (Fsp3) is 0.500. The van der Waals surface area contributed by atoms with Gasteiger partial charge in [-0.05, 0) is 30.9 Å². The van der Waals surface area contributed by atoms with E-state index in [2.05, 4.69) is 12.1 Å². The van der Waals surface area contributed by atoms with Crippen molar-refractivity contribution in [3.63, 3.8) is 0 Å². The first-order valence-corrected chi connectivity index (χ1v) is 11.6. The lowest BCUT2D eigenvalue weighted by Crippen LogP contribution is -2.64. The quantitative estimate of drug-likeness (QED) is 0.713. The SMILES string of the molecule is COC(=O)N1c2ccccc2[C@@]2(CCO)O[C@@H](OC)[C@@H]3C[C@@H](OCc4ccccc4)CC[C@]312. The average Bonchev–Trinajstić information content (AvgIpc) is 3.26. The normalized spacial score (nSPS) is 32.2. The summed E-state index contributed by atoms with van der Waals surface area (Å²) >= 11 is 0. The number of para-hydroxylation sites is 1. The van der Waals surface area contributed by atoms with E-state index >= 15 is 0 Å². The molecule has 7 nitrogen and oxygen atoms in total. The van der Waals surface area contributed by atoms with Gasteiger partial charge in [0.25, 0.3) is 0 Å². The molecular formula is C26H31NO6. The Kier molecular flexibility index (Phi) is 5.91. The van der Waals surface area contributed by atoms with Gasteiger partial charge in [0, 0.05) is 31.6 Å². The Morgan fingerprint density at radius 1 is 1.15 bits per heavy atom. The summed E-state index contributed by atoms with van der Waals surface area (Å²) < 4.78 is 24.1. The minimum absolute atomic E-state index is 0.00946. The number of methoxy groups -OCH3 is 2. The minimum Gasteiger partial charge on any atom is -0.452 e. The monoisotopic (exact) mass is 453 g/mol. The Balaban J connectivity index is 1.53. The van der Waals surface area contributed by atoms with Crippen LogP contribution in [-0.4, -0.2) is 50.0 Å². The summed E-state index contributed by atoms with van der Waals surface area (Å²) in [4.78, 5) is 15.0. The molecule has 176 valence electrons. The molecule has 5 atom stereocenters. The maximum atomic E-state index is 13.2. The fourth-order valence-electron chi connectivity index (χ4n) is 6.43. The fourth-order valence-corrected chi connectivity index (χ4v) is 6.43. The Morgan fingerprint density at radius 2 is 1.91 bits per heavy atom. The lowest BCUT2D eigenvalue weighted by atomic mass is 9.63. The van der Waals surface area contributed by atoms with E-state index in [0.717, 1.165) is 23.2 Å². The highest BCUT2D eigenvalue weighted by atomic mass is 16.7. The van der Waals surface area contributed by atoms with Crippen molar-refractivity contribution in [2.24, 2.45) is 5.92 Å². The molecule has 1 amide bonds. The Morgan fingerprint density at radius 3 is 2.64 bits per heavy atom. The number of hydrogen-bond donors (Lipinski definition) is 1. The molecule has 33 heavy (non-hydrogen) atoms. The van der Waals surface area contributed by atoms with E-state index in [-0.39, 0.29) is 18.6 Å². The third kappa shape index (κ3) is 3.21. The van der Waals surface area contributed by atoms with Gasteiger partial charge < -0.3 is 24.1 Å². The highest BCUT2D eigenvalue weighted by Gasteiger charge is 2.75. The molecule has 3 aliphatic rings. The molecule has 1 aliphatic carbocycles. The van der Waals surface area contributed by atoms with Crippen molar-refractivity contribution in [3.8, 4) is 0 Å². The molecule has 5 rings (SSSR count). The van der Waals surface area contributed by atoms with Crippen molar-refractivity contribution in [2.75, 3.05) is 25.7 Å². The number of ether oxygens (including phenoxy) is 4. The molecule has 1 spiro atoms. The van der Waals surface area contributed by atoms with E-state index in [4.69, 9.17) is 18.9 Å². The lowest BCUT2D eigenvalue weighted by molar-refractivity contribution is -0.176. The van der Waals surface area contributed by atoms with E-state index in [1.54, 1.807) is 12.0 Å². The first-order valence-electron chi connectivity index (χ1n) is 11.6. The van der Waals surface area contributed by atoms with E-state index in [1.807, 2.05) is 42.5 Å². The minimum atomic E-state index is -0.873. The molecule has 2 fully saturated rings. The van der Waals surface area contributed by atoms with Gasteiger partial charge in [0.05, 0.1) is 31.0 Å². The molecule has 0 unspecified atom stereocenters. The zero-order valence-electron chi connectivity index (χ0n) is 19.1. The number of aliphatic hydroxyl groups is 1. The van der Waals surface area contributed by atoms with E-state index in [0.29, 0.717) is 25.9 Å². The van der Waals surface area contributed by atoms with Crippen LogP contribution in [0.3, 0.4) is 0 Å². The second-order valence-corrected chi connectivity index (χ2v) is 9.07. The van der Waals surface area contributed by atoms with Gasteiger partial charge in [0.15, 0.2) is 6.29 Å². The predicted molar refractivity (Wildman–Crippen MR) is 122 cm³/mol. The number of aliphatic hydroxyl groups excluding tert-OH is 1. The molecule has 0 bridgehead atoms. The van der Waals surface area contributed by atoms with Crippen LogP contribution < -0.4 is 4.90 Å². The number of benzene rings is 2. The van der Waals surface area contributed by atoms with Crippen LogP contribution in [0.5, 0.6) is 0 Å². The third-order valence-electron chi connectivity index (χ3n) is 7.68. The molecule has 2 aromatic carbocycles. The van der Waals surface area contributed by atoms with Crippen LogP contribution in [0.1, 0.15) is 36.8 Å². The van der Waals surface area contributed by atoms with Crippen LogP contribution in [0.2, 0.25) is 0 Å². The van der Waals surface area contributed by atoms with Crippen molar-refractivity contribution >= 4 is 11.8 Å². The van der Waals surface area contributed by atoms with Crippen molar-refractivity contribution in [1.29, 1.82) is 0 Å². The van der Waals surface area contributed by atoms with Gasteiger partial charge in [-0.2, -0.15) is 0 Å². The van der Waals surface area contributed by atoms with Gasteiger partial charge in [-0.25, -0.2) is 4.79 Å². The van der Waals surface area contributed by atoms with Crippen molar-refractivity contribution < 1.29 is 28.8 Å². The zero-order chi connectivity index (χ0) is 23.1. The highest BCUT2D eigenvalue weighted by Crippen LogP contribution is 2.67. The lowest BCUT2D eigenvalue weighted by Gasteiger charge is -2.50. The number of carbonyl (C=O) groups is 1. The van der Waals surface area contributed by atoms with E-state index in [1.165, 1.54) is 7.11 Å². The number of hydrogen-bond acceptors (Lipinski definition) is 6. The topological polar surface area (TPSA) is 77.5 Å². The highest BCUT2D eigenvalue weighted by molar-refractivity contribution is 5.94. The van der Waals surface area contributed by atoms with Crippen LogP contribution >= 0.6 is 0 Å². The Hall–Kier alpha value is -2.45. The maximum absolute atomic E-state index is 13.2. The first-order chi connectivity index (χ1) is 16.1. The molecule has 0 aromatic heterocycles. The predicted octanol–water partition coefficient (Wildman–Crippen LogP) is 3.98. The summed E-state index contributed by atoms with van der Waals surface area (Å²) in [5, 5.41) is 10.1. The van der Waals surface area contributed by atoms with Crippen LogP contribution in [0.4, 0.5) is 10.5 Å². The molecule has 7 heteroatoms. The van der Waals surface area contributed by atoms with E-state index in [9.17, 15) is 9.90 Å². The summed E-state index contributed by atoms with van der Waals surface area (Å²) in [5.74, 6) is -0.143. The molecule has 0 radical (unpaired) electrons. The van der Waals surface area contributed by atoms with Crippen molar-refractivity contribution in [3.05, 3.63) is 65.7 Å². The average molecular weight is 454 g/mol. The molecule has 1 saturated heterocycles. The first kappa shape index (κ1) is 22.3. The number of anilines is 1. The van der Waals surface area contributed by atoms with Crippen LogP contribution in [0.25, 0.3) is 0 Å². The molecule has 1 saturated carbocycles. The Bertz CT molecular complexity index is 999. The summed E-state index contributed by atoms with van der Waals surface area (Å²) in [6.45, 7) is 0.467. The molecule has 1 N–H and O–H groups in total. The Labute approximate surface area is 194 Å². The molecule has 2 aromatic rings. The number of amides is 1. The van der Waals surface area contributed by atoms with Gasteiger partial charge in [-0.15, -0.1) is 0 Å². The van der Waals surface area contributed by atoms with Crippen molar-refractivity contribution in [1.82, 2.24) is 0 Å². The smallest absolute Gasteiger partial charge is 0.414 e. The largest absolute Gasteiger partial charge is 0.452 e. The summed E-state index contributed by atoms with van der Waals surface area (Å²) in [5.41, 5.74) is 1.21. The summed E-state index contributed by atoms with van der Waals surface area (Å²) in [6, 6.07) is 17.9. The number of fused-ring (bicyclic) bond motifs is 2. The molecule has 2 heterocycles. The maximum Gasteiger partial charge on any atom is 0.414 e. The number of nitrogens with zero attached hydrogens (tertiary/aromatic N) is 1. The van der Waals surface area contributed by atoms with Gasteiger partial charge in [0.1, 0.15) is 5.60 Å². The molecule has 2 aliphatic heterocycles. The van der Waals surface area contributed by atoms with Crippen LogP contribution in [-0.2, 0) is 31.2 Å². The number of rotatable bonds is 6. The second-order valence-electron chi connectivity index (χ2n) is 9.07. The standard InChI is InChI=1S/C26H31NO6/c1-30-23-21-16-19(32-17-18-8-4-3-5-9-18)12-13-25(21)26(33-23,14-15-28)20-10-6-7-11-22(20)27(25)24(29)31-2/h3-11,19,21,23,28H,12-17H2,1-2H3/t19-,21-,23+,25+,26+/m0/s1. The van der Waals surface area contributed by atoms with Gasteiger partial charge in [-0.1, -0.05) is 48.5 Å². The van der Waals surface area contributed by atoms with Crippen LogP contribution in [0, 0.1) is 5.92 Å². The molecular weight excluding hydrogens is 422 g/mol. The summed E-state index contributed by atoms with van der Waals surface area (Å²) in [6.07, 6.45) is 1.52. The van der Waals surface area contributed by atoms with Crippen LogP contribution in [0.15, 0.2) is 54.6 Å². The van der Waals surface area contributed by atoms with Gasteiger partial charge in [0.2, 0.25) is 0 Å². The van der Waals surface area contributed by atoms with Gasteiger partial charge in [-0.3, -0.25) is 4.90 Å². The number of carbonyl (C=O) groups excluding carboxylic acids is 1. The summed E-state index contributed by atoms with van der Waals surface area (Å²) in [7, 11) is 3.04. The van der Waals surface area contributed by atoms with Gasteiger partial charge >= 0.3 is 6.09 Å². The third-order valence-corrected chi connectivity index (χ3v) is 7.68. The van der Waals surface area contributed by atoms with Crippen molar-refractivity contribution in [2.45, 2.75) is 55.8 Å². The van der Waals surface area contributed by atoms with E-state index < -0.39 is 23.5 Å². The second kappa shape index (κ2) is 8.72. The zero-order valence-corrected chi connectivity index (χ0v) is 19.1.